The van der Waals surface area contributed by atoms with Gasteiger partial charge in [-0.1, -0.05) is 23.7 Å². The van der Waals surface area contributed by atoms with Crippen molar-refractivity contribution in [3.05, 3.63) is 71.2 Å². The van der Waals surface area contributed by atoms with E-state index in [1.165, 1.54) is 12.3 Å². The van der Waals surface area contributed by atoms with Crippen molar-refractivity contribution in [2.45, 2.75) is 31.7 Å². The fourth-order valence-electron chi connectivity index (χ4n) is 4.45. The topological polar surface area (TPSA) is 107 Å². The van der Waals surface area contributed by atoms with Crippen LogP contribution in [0.4, 0.5) is 5.69 Å². The number of aliphatic imine (C=N–C) groups is 2. The summed E-state index contributed by atoms with van der Waals surface area (Å²) in [5.74, 6) is -0.197. The number of piperazine rings is 1. The number of pyridine rings is 1. The van der Waals surface area contributed by atoms with Crippen LogP contribution < -0.4 is 10.2 Å². The number of anilines is 1. The summed E-state index contributed by atoms with van der Waals surface area (Å²) in [5, 5.41) is 3.15. The molecule has 0 radical (unpaired) electrons. The molecule has 0 spiro atoms. The van der Waals surface area contributed by atoms with Gasteiger partial charge in [-0.15, -0.1) is 0 Å². The lowest BCUT2D eigenvalue weighted by atomic mass is 9.88. The van der Waals surface area contributed by atoms with E-state index in [4.69, 9.17) is 11.6 Å². The van der Waals surface area contributed by atoms with Gasteiger partial charge in [0.05, 0.1) is 6.42 Å². The molecule has 1 atom stereocenters. The van der Waals surface area contributed by atoms with Gasteiger partial charge >= 0.3 is 0 Å². The molecule has 0 aliphatic carbocycles. The number of allylic oxidation sites excluding steroid dienone is 1. The van der Waals surface area contributed by atoms with Gasteiger partial charge < -0.3 is 15.1 Å². The molecular weight excluding hydrogens is 492 g/mol. The van der Waals surface area contributed by atoms with Crippen LogP contribution in [0.3, 0.4) is 0 Å². The van der Waals surface area contributed by atoms with Crippen molar-refractivity contribution in [1.82, 2.24) is 15.2 Å². The first kappa shape index (κ1) is 26.2. The van der Waals surface area contributed by atoms with Crippen molar-refractivity contribution in [1.29, 1.82) is 0 Å². The SMILES string of the molecule is Cc1c(Cl)cccc1N1CCN(C(=O)CCC2(c3cccnc3)C=NC=N2)CC1.O=C1C=CNC(=O)C1. The second-order valence-corrected chi connectivity index (χ2v) is 9.39. The number of nitrogens with zero attached hydrogens (tertiary/aromatic N) is 5. The highest BCUT2D eigenvalue weighted by atomic mass is 35.5. The van der Waals surface area contributed by atoms with Crippen LogP contribution in [0.1, 0.15) is 30.4 Å². The zero-order chi connectivity index (χ0) is 26.3. The Morgan fingerprint density at radius 2 is 1.95 bits per heavy atom. The molecule has 3 aliphatic heterocycles. The van der Waals surface area contributed by atoms with Crippen LogP contribution in [0.2, 0.25) is 5.02 Å². The van der Waals surface area contributed by atoms with Crippen LogP contribution in [0, 0.1) is 6.92 Å². The Bertz CT molecular complexity index is 1220. The van der Waals surface area contributed by atoms with Crippen molar-refractivity contribution < 1.29 is 14.4 Å². The predicted octanol–water partition coefficient (Wildman–Crippen LogP) is 3.07. The Kier molecular flexibility index (Phi) is 8.45. The van der Waals surface area contributed by atoms with E-state index in [1.54, 1.807) is 18.7 Å². The van der Waals surface area contributed by atoms with Crippen LogP contribution in [-0.4, -0.2) is 66.2 Å². The molecule has 1 fully saturated rings. The minimum absolute atomic E-state index is 0.00347. The molecule has 37 heavy (non-hydrogen) atoms. The summed E-state index contributed by atoms with van der Waals surface area (Å²) in [7, 11) is 0. The van der Waals surface area contributed by atoms with Gasteiger partial charge in [-0.05, 0) is 43.2 Å². The van der Waals surface area contributed by atoms with E-state index in [0.29, 0.717) is 25.9 Å². The van der Waals surface area contributed by atoms with Crippen molar-refractivity contribution in [3.8, 4) is 0 Å². The lowest BCUT2D eigenvalue weighted by Crippen LogP contribution is -2.49. The lowest BCUT2D eigenvalue weighted by molar-refractivity contribution is -0.132. The number of hydrogen-bond donors (Lipinski definition) is 1. The molecule has 2 aromatic rings. The van der Waals surface area contributed by atoms with Gasteiger partial charge in [0, 0.05) is 73.7 Å². The van der Waals surface area contributed by atoms with E-state index >= 15 is 0 Å². The summed E-state index contributed by atoms with van der Waals surface area (Å²) < 4.78 is 0. The summed E-state index contributed by atoms with van der Waals surface area (Å²) in [5.41, 5.74) is 2.62. The maximum absolute atomic E-state index is 12.9. The third-order valence-electron chi connectivity index (χ3n) is 6.58. The van der Waals surface area contributed by atoms with Gasteiger partial charge in [-0.25, -0.2) is 4.99 Å². The highest BCUT2D eigenvalue weighted by Crippen LogP contribution is 2.32. The van der Waals surface area contributed by atoms with Crippen LogP contribution in [0.25, 0.3) is 0 Å². The van der Waals surface area contributed by atoms with Gasteiger partial charge in [0.15, 0.2) is 5.78 Å². The Morgan fingerprint density at radius 1 is 1.14 bits per heavy atom. The molecule has 1 saturated heterocycles. The molecule has 5 rings (SSSR count). The molecule has 0 saturated carbocycles. The Labute approximate surface area is 220 Å². The van der Waals surface area contributed by atoms with E-state index in [9.17, 15) is 14.4 Å². The quantitative estimate of drug-likeness (QED) is 0.610. The molecule has 4 heterocycles. The van der Waals surface area contributed by atoms with E-state index < -0.39 is 5.54 Å². The summed E-state index contributed by atoms with van der Waals surface area (Å²) in [6, 6.07) is 9.85. The first-order valence-electron chi connectivity index (χ1n) is 12.1. The second kappa shape index (κ2) is 11.9. The first-order valence-corrected chi connectivity index (χ1v) is 12.5. The van der Waals surface area contributed by atoms with E-state index in [1.807, 2.05) is 42.3 Å². The van der Waals surface area contributed by atoms with Crippen molar-refractivity contribution >= 4 is 47.4 Å². The molecule has 10 heteroatoms. The largest absolute Gasteiger partial charge is 0.368 e. The molecule has 2 amide bonds. The minimum Gasteiger partial charge on any atom is -0.368 e. The third-order valence-corrected chi connectivity index (χ3v) is 6.99. The van der Waals surface area contributed by atoms with Crippen molar-refractivity contribution in [2.24, 2.45) is 9.98 Å². The lowest BCUT2D eigenvalue weighted by Gasteiger charge is -2.37. The highest BCUT2D eigenvalue weighted by Gasteiger charge is 2.33. The molecular formula is C27H29ClN6O3. The monoisotopic (exact) mass is 520 g/mol. The van der Waals surface area contributed by atoms with Crippen LogP contribution >= 0.6 is 11.6 Å². The first-order chi connectivity index (χ1) is 17.9. The predicted molar refractivity (Wildman–Crippen MR) is 144 cm³/mol. The molecule has 9 nitrogen and oxygen atoms in total. The zero-order valence-corrected chi connectivity index (χ0v) is 21.4. The molecule has 1 aromatic carbocycles. The number of ketones is 1. The number of amides is 2. The molecule has 3 aliphatic rings. The maximum Gasteiger partial charge on any atom is 0.231 e. The number of rotatable bonds is 5. The Morgan fingerprint density at radius 3 is 2.57 bits per heavy atom. The van der Waals surface area contributed by atoms with E-state index in [2.05, 4.69) is 31.3 Å². The van der Waals surface area contributed by atoms with Crippen LogP contribution in [0.5, 0.6) is 0 Å². The van der Waals surface area contributed by atoms with E-state index in [-0.39, 0.29) is 24.0 Å². The number of aromatic nitrogens is 1. The average molecular weight is 521 g/mol. The molecule has 1 unspecified atom stereocenters. The number of halogens is 1. The number of benzene rings is 1. The standard InChI is InChI=1S/C22H24ClN5O.C5H5NO2/c1-17-19(23)5-2-6-20(17)27-10-12-28(13-11-27)21(29)7-8-22(15-25-16-26-22)18-4-3-9-24-14-18;7-4-1-2-6-5(8)3-4/h2-6,9,14-16H,7-8,10-13H2,1H3;1-2H,3H2,(H,6,8). The van der Waals surface area contributed by atoms with Gasteiger partial charge in [-0.2, -0.15) is 0 Å². The van der Waals surface area contributed by atoms with Crippen LogP contribution in [0.15, 0.2) is 65.0 Å². The van der Waals surface area contributed by atoms with E-state index in [0.717, 1.165) is 34.9 Å². The van der Waals surface area contributed by atoms with Gasteiger partial charge in [0.1, 0.15) is 11.9 Å². The second-order valence-electron chi connectivity index (χ2n) is 8.98. The number of carbonyl (C=O) groups excluding carboxylic acids is 3. The van der Waals surface area contributed by atoms with Crippen molar-refractivity contribution in [2.75, 3.05) is 31.1 Å². The van der Waals surface area contributed by atoms with Gasteiger partial charge in [0.2, 0.25) is 11.8 Å². The fraction of sp³-hybridized carbons (Fsp3) is 0.333. The molecule has 1 aromatic heterocycles. The summed E-state index contributed by atoms with van der Waals surface area (Å²) >= 11 is 6.26. The molecule has 1 N–H and O–H groups in total. The minimum atomic E-state index is -0.580. The average Bonchev–Trinajstić information content (AvgIpc) is 3.40. The fourth-order valence-corrected chi connectivity index (χ4v) is 4.62. The smallest absolute Gasteiger partial charge is 0.231 e. The summed E-state index contributed by atoms with van der Waals surface area (Å²) in [6.45, 7) is 5.07. The highest BCUT2D eigenvalue weighted by molar-refractivity contribution is 6.31. The molecule has 0 bridgehead atoms. The normalized spacial score (nSPS) is 20.5. The Balaban J connectivity index is 0.000000342. The number of carbonyl (C=O) groups is 3. The Hall–Kier alpha value is -3.85. The summed E-state index contributed by atoms with van der Waals surface area (Å²) in [4.78, 5) is 50.6. The third kappa shape index (κ3) is 6.48. The number of hydrogen-bond acceptors (Lipinski definition) is 7. The number of nitrogens with one attached hydrogen (secondary N) is 1. The van der Waals surface area contributed by atoms with Crippen LogP contribution in [-0.2, 0) is 19.9 Å². The summed E-state index contributed by atoms with van der Waals surface area (Å²) in [6.07, 6.45) is 10.6. The van der Waals surface area contributed by atoms with Gasteiger partial charge in [0.25, 0.3) is 0 Å². The molecule has 192 valence electrons. The zero-order valence-electron chi connectivity index (χ0n) is 20.6. The van der Waals surface area contributed by atoms with Gasteiger partial charge in [-0.3, -0.25) is 24.4 Å². The van der Waals surface area contributed by atoms with Crippen molar-refractivity contribution in [3.63, 3.8) is 0 Å². The maximum atomic E-state index is 12.9.